The van der Waals surface area contributed by atoms with Gasteiger partial charge in [-0.15, -0.1) is 11.8 Å². The van der Waals surface area contributed by atoms with Gasteiger partial charge in [-0.1, -0.05) is 24.1 Å². The Hall–Kier alpha value is -0.590. The summed E-state index contributed by atoms with van der Waals surface area (Å²) in [5.41, 5.74) is 6.71. The maximum absolute atomic E-state index is 13.0. The minimum Gasteiger partial charge on any atom is -0.404 e. The van der Waals surface area contributed by atoms with Crippen molar-refractivity contribution in [3.63, 3.8) is 0 Å². The summed E-state index contributed by atoms with van der Waals surface area (Å²) in [4.78, 5) is 1.10. The third-order valence-electron chi connectivity index (χ3n) is 3.51. The van der Waals surface area contributed by atoms with E-state index in [4.69, 9.17) is 5.73 Å². The van der Waals surface area contributed by atoms with Gasteiger partial charge in [0, 0.05) is 11.1 Å². The highest BCUT2D eigenvalue weighted by Crippen LogP contribution is 2.30. The number of thioether (sulfide) groups is 2. The molecule has 0 aliphatic carbocycles. The van der Waals surface area contributed by atoms with Crippen LogP contribution in [0.1, 0.15) is 24.8 Å². The van der Waals surface area contributed by atoms with Crippen LogP contribution in [-0.4, -0.2) is 31.9 Å². The Morgan fingerprint density at radius 2 is 1.86 bits per heavy atom. The van der Waals surface area contributed by atoms with Crippen LogP contribution in [0.3, 0.4) is 0 Å². The highest BCUT2D eigenvalue weighted by Gasteiger charge is 2.30. The Kier molecular flexibility index (Phi) is 8.43. The number of sulfone groups is 1. The molecule has 22 heavy (non-hydrogen) atoms. The van der Waals surface area contributed by atoms with Crippen molar-refractivity contribution in [1.82, 2.24) is 0 Å². The van der Waals surface area contributed by atoms with Crippen molar-refractivity contribution in [2.45, 2.75) is 36.3 Å². The molecule has 0 aliphatic rings. The van der Waals surface area contributed by atoms with Gasteiger partial charge in [-0.2, -0.15) is 11.8 Å². The zero-order valence-corrected chi connectivity index (χ0v) is 15.9. The van der Waals surface area contributed by atoms with E-state index >= 15 is 0 Å². The normalized spacial score (nSPS) is 14.0. The molecule has 0 saturated carbocycles. The SMILES string of the molecule is CSCCCCC(/C(=C/N)SC)S(=O)(=O)c1ccc(C)cc1. The van der Waals surface area contributed by atoms with Crippen LogP contribution in [0.15, 0.2) is 40.3 Å². The topological polar surface area (TPSA) is 60.2 Å². The molecule has 6 heteroatoms. The van der Waals surface area contributed by atoms with E-state index in [1.807, 2.05) is 25.3 Å². The highest BCUT2D eigenvalue weighted by molar-refractivity contribution is 8.04. The molecule has 0 heterocycles. The minimum atomic E-state index is -3.40. The predicted molar refractivity (Wildman–Crippen MR) is 100 cm³/mol. The second-order valence-electron chi connectivity index (χ2n) is 5.11. The Bertz CT molecular complexity index is 580. The lowest BCUT2D eigenvalue weighted by Crippen LogP contribution is -2.23. The summed E-state index contributed by atoms with van der Waals surface area (Å²) in [7, 11) is -3.40. The summed E-state index contributed by atoms with van der Waals surface area (Å²) in [5.74, 6) is 1.05. The Morgan fingerprint density at radius 3 is 2.36 bits per heavy atom. The fraction of sp³-hybridized carbons (Fsp3) is 0.500. The van der Waals surface area contributed by atoms with Crippen molar-refractivity contribution in [2.24, 2.45) is 5.73 Å². The molecule has 0 spiro atoms. The largest absolute Gasteiger partial charge is 0.404 e. The molecule has 1 unspecified atom stereocenters. The van der Waals surface area contributed by atoms with Crippen LogP contribution in [0.5, 0.6) is 0 Å². The van der Waals surface area contributed by atoms with E-state index in [9.17, 15) is 8.42 Å². The third-order valence-corrected chi connectivity index (χ3v) is 7.41. The molecule has 1 aromatic carbocycles. The van der Waals surface area contributed by atoms with Gasteiger partial charge < -0.3 is 5.73 Å². The van der Waals surface area contributed by atoms with Crippen LogP contribution in [0.2, 0.25) is 0 Å². The van der Waals surface area contributed by atoms with Gasteiger partial charge in [0.25, 0.3) is 0 Å². The van der Waals surface area contributed by atoms with E-state index in [1.54, 1.807) is 23.9 Å². The molecule has 1 rings (SSSR count). The number of unbranched alkanes of at least 4 members (excludes halogenated alkanes) is 1. The number of rotatable bonds is 9. The Labute approximate surface area is 143 Å². The Morgan fingerprint density at radius 1 is 1.23 bits per heavy atom. The molecule has 0 aliphatic heterocycles. The van der Waals surface area contributed by atoms with Gasteiger partial charge in [0.05, 0.1) is 10.1 Å². The molecule has 1 aromatic rings. The summed E-state index contributed by atoms with van der Waals surface area (Å²) in [6.45, 7) is 1.95. The zero-order valence-electron chi connectivity index (χ0n) is 13.4. The van der Waals surface area contributed by atoms with E-state index in [2.05, 4.69) is 6.26 Å². The van der Waals surface area contributed by atoms with Crippen molar-refractivity contribution in [3.8, 4) is 0 Å². The zero-order chi connectivity index (χ0) is 16.6. The first-order valence-corrected chi connectivity index (χ1v) is 11.4. The first-order valence-electron chi connectivity index (χ1n) is 7.22. The van der Waals surface area contributed by atoms with E-state index in [-0.39, 0.29) is 0 Å². The monoisotopic (exact) mass is 359 g/mol. The van der Waals surface area contributed by atoms with Crippen molar-refractivity contribution < 1.29 is 8.42 Å². The number of nitrogens with two attached hydrogens (primary N) is 1. The van der Waals surface area contributed by atoms with Crippen molar-refractivity contribution >= 4 is 33.4 Å². The average Bonchev–Trinajstić information content (AvgIpc) is 2.51. The summed E-state index contributed by atoms with van der Waals surface area (Å²) in [6.07, 6.45) is 7.89. The van der Waals surface area contributed by atoms with Crippen molar-refractivity contribution in [3.05, 3.63) is 40.9 Å². The summed E-state index contributed by atoms with van der Waals surface area (Å²) >= 11 is 3.20. The van der Waals surface area contributed by atoms with Crippen LogP contribution in [0, 0.1) is 6.92 Å². The molecule has 0 amide bonds. The molecular weight excluding hydrogens is 334 g/mol. The average molecular weight is 360 g/mol. The van der Waals surface area contributed by atoms with Crippen LogP contribution < -0.4 is 5.73 Å². The lowest BCUT2D eigenvalue weighted by Gasteiger charge is -2.19. The lowest BCUT2D eigenvalue weighted by atomic mass is 10.2. The molecular formula is C16H25NO2S3. The van der Waals surface area contributed by atoms with E-state index < -0.39 is 15.1 Å². The standard InChI is InChI=1S/C16H25NO2S3/c1-13-7-9-14(10-8-13)22(18,19)16(15(12-17)21-3)6-4-5-11-20-2/h7-10,12,16H,4-6,11,17H2,1-3H3/b15-12-. The van der Waals surface area contributed by atoms with Gasteiger partial charge in [-0.3, -0.25) is 0 Å². The van der Waals surface area contributed by atoms with Crippen LogP contribution in [0.25, 0.3) is 0 Å². The lowest BCUT2D eigenvalue weighted by molar-refractivity contribution is 0.578. The fourth-order valence-electron chi connectivity index (χ4n) is 2.23. The quantitative estimate of drug-likeness (QED) is 0.679. The molecule has 0 saturated heterocycles. The van der Waals surface area contributed by atoms with Crippen LogP contribution >= 0.6 is 23.5 Å². The maximum atomic E-state index is 13.0. The van der Waals surface area contributed by atoms with Crippen molar-refractivity contribution in [2.75, 3.05) is 18.3 Å². The summed E-state index contributed by atoms with van der Waals surface area (Å²) < 4.78 is 25.9. The van der Waals surface area contributed by atoms with E-state index in [1.165, 1.54) is 18.0 Å². The number of hydrogen-bond acceptors (Lipinski definition) is 5. The molecule has 3 nitrogen and oxygen atoms in total. The van der Waals surface area contributed by atoms with Crippen LogP contribution in [0.4, 0.5) is 0 Å². The minimum absolute atomic E-state index is 0.376. The second kappa shape index (κ2) is 9.53. The molecule has 0 radical (unpaired) electrons. The number of hydrogen-bond donors (Lipinski definition) is 1. The number of benzene rings is 1. The molecule has 0 aromatic heterocycles. The van der Waals surface area contributed by atoms with Gasteiger partial charge in [-0.25, -0.2) is 8.42 Å². The van der Waals surface area contributed by atoms with E-state index in [0.717, 1.165) is 29.1 Å². The third kappa shape index (κ3) is 5.25. The van der Waals surface area contributed by atoms with Gasteiger partial charge >= 0.3 is 0 Å². The molecule has 1 atom stereocenters. The first kappa shape index (κ1) is 19.5. The summed E-state index contributed by atoms with van der Waals surface area (Å²) in [6, 6.07) is 7.05. The molecule has 0 bridgehead atoms. The maximum Gasteiger partial charge on any atom is 0.185 e. The highest BCUT2D eigenvalue weighted by atomic mass is 32.2. The number of aryl methyl sites for hydroxylation is 1. The van der Waals surface area contributed by atoms with Gasteiger partial charge in [0.15, 0.2) is 9.84 Å². The van der Waals surface area contributed by atoms with Gasteiger partial charge in [0.2, 0.25) is 0 Å². The van der Waals surface area contributed by atoms with Crippen LogP contribution in [-0.2, 0) is 9.84 Å². The Balaban J connectivity index is 3.05. The smallest absolute Gasteiger partial charge is 0.185 e. The predicted octanol–water partition coefficient (Wildman–Crippen LogP) is 3.83. The van der Waals surface area contributed by atoms with E-state index in [0.29, 0.717) is 11.3 Å². The first-order chi connectivity index (χ1) is 10.5. The fourth-order valence-corrected chi connectivity index (χ4v) is 5.61. The van der Waals surface area contributed by atoms with Gasteiger partial charge in [0.1, 0.15) is 0 Å². The molecule has 2 N–H and O–H groups in total. The summed E-state index contributed by atoms with van der Waals surface area (Å²) in [5, 5.41) is -0.544. The second-order valence-corrected chi connectivity index (χ2v) is 9.10. The van der Waals surface area contributed by atoms with Gasteiger partial charge in [-0.05, 0) is 50.2 Å². The van der Waals surface area contributed by atoms with Crippen molar-refractivity contribution in [1.29, 1.82) is 0 Å². The molecule has 0 fully saturated rings. The molecule has 124 valence electrons.